The molecule has 0 amide bonds. The predicted molar refractivity (Wildman–Crippen MR) is 120 cm³/mol. The normalized spacial score (nSPS) is 16.8. The first-order chi connectivity index (χ1) is 13.7. The van der Waals surface area contributed by atoms with E-state index < -0.39 is 11.7 Å². The minimum absolute atomic E-state index is 0.357. The lowest BCUT2D eigenvalue weighted by Gasteiger charge is -2.20. The molecule has 0 saturated carbocycles. The quantitative estimate of drug-likeness (QED) is 0.259. The largest absolute Gasteiger partial charge is 0.454 e. The van der Waals surface area contributed by atoms with E-state index in [4.69, 9.17) is 4.42 Å². The third-order valence-corrected chi connectivity index (χ3v) is 6.51. The third-order valence-electron chi connectivity index (χ3n) is 5.43. The first-order valence-electron chi connectivity index (χ1n) is 9.57. The second kappa shape index (κ2) is 7.38. The van der Waals surface area contributed by atoms with Gasteiger partial charge in [0.15, 0.2) is 5.58 Å². The zero-order chi connectivity index (χ0) is 20.9. The molecule has 3 aromatic rings. The molecule has 1 atom stereocenters. The van der Waals surface area contributed by atoms with Gasteiger partial charge in [0.25, 0.3) is 0 Å². The monoisotopic (exact) mass is 511 g/mol. The Balaban J connectivity index is 1.81. The van der Waals surface area contributed by atoms with Crippen LogP contribution in [0.3, 0.4) is 0 Å². The van der Waals surface area contributed by atoms with Crippen molar-refractivity contribution in [1.82, 2.24) is 0 Å². The van der Waals surface area contributed by atoms with E-state index in [9.17, 15) is 13.2 Å². The Morgan fingerprint density at radius 1 is 1.10 bits per heavy atom. The molecule has 6 heteroatoms. The van der Waals surface area contributed by atoms with Crippen LogP contribution in [0.25, 0.3) is 16.5 Å². The number of allylic oxidation sites excluding steroid dienone is 2. The Morgan fingerprint density at radius 3 is 2.41 bits per heavy atom. The van der Waals surface area contributed by atoms with Crippen LogP contribution in [-0.2, 0) is 6.18 Å². The molecule has 0 bridgehead atoms. The summed E-state index contributed by atoms with van der Waals surface area (Å²) in [6, 6.07) is 11.2. The van der Waals surface area contributed by atoms with Crippen molar-refractivity contribution < 1.29 is 17.6 Å². The van der Waals surface area contributed by atoms with Crippen molar-refractivity contribution in [2.75, 3.05) is 3.11 Å². The number of rotatable bonds is 3. The molecule has 0 radical (unpaired) electrons. The lowest BCUT2D eigenvalue weighted by molar-refractivity contribution is -0.137. The number of fused-ring (bicyclic) bond motifs is 3. The van der Waals surface area contributed by atoms with Gasteiger partial charge in [0.05, 0.1) is 39.8 Å². The van der Waals surface area contributed by atoms with Gasteiger partial charge in [-0.3, -0.25) is 3.11 Å². The van der Waals surface area contributed by atoms with Gasteiger partial charge in [-0.15, -0.1) is 0 Å². The van der Waals surface area contributed by atoms with Crippen LogP contribution < -0.4 is 3.11 Å². The summed E-state index contributed by atoms with van der Waals surface area (Å²) in [5, 5.41) is 1.07. The highest BCUT2D eigenvalue weighted by molar-refractivity contribution is 14.1. The molecular formula is C23H21F3INO. The van der Waals surface area contributed by atoms with Crippen molar-refractivity contribution in [2.24, 2.45) is 5.92 Å². The van der Waals surface area contributed by atoms with Gasteiger partial charge in [-0.1, -0.05) is 39.0 Å². The number of para-hydroxylation sites is 1. The van der Waals surface area contributed by atoms with Crippen molar-refractivity contribution in [1.29, 1.82) is 0 Å². The van der Waals surface area contributed by atoms with Gasteiger partial charge in [0, 0.05) is 10.9 Å². The molecule has 1 aliphatic carbocycles. The SMILES string of the molecule is CC(C)C1=CCC(C)c2c1oc1c(N(I)c3ccc(C(F)(F)F)cc3)cccc21. The van der Waals surface area contributed by atoms with Gasteiger partial charge < -0.3 is 4.42 Å². The minimum Gasteiger partial charge on any atom is -0.454 e. The van der Waals surface area contributed by atoms with Crippen molar-refractivity contribution in [3.63, 3.8) is 0 Å². The highest BCUT2D eigenvalue weighted by Gasteiger charge is 2.31. The summed E-state index contributed by atoms with van der Waals surface area (Å²) in [5.41, 5.74) is 4.05. The average molecular weight is 511 g/mol. The molecule has 1 unspecified atom stereocenters. The topological polar surface area (TPSA) is 16.4 Å². The minimum atomic E-state index is -4.34. The number of nitrogens with zero attached hydrogens (tertiary/aromatic N) is 1. The molecule has 2 aromatic carbocycles. The Hall–Kier alpha value is -1.96. The van der Waals surface area contributed by atoms with Crippen LogP contribution in [0.1, 0.15) is 50.0 Å². The van der Waals surface area contributed by atoms with Crippen LogP contribution in [0, 0.1) is 5.92 Å². The van der Waals surface area contributed by atoms with E-state index in [1.165, 1.54) is 23.3 Å². The molecule has 0 N–H and O–H groups in total. The van der Waals surface area contributed by atoms with E-state index in [0.717, 1.165) is 41.0 Å². The number of benzene rings is 2. The number of furan rings is 1. The lowest BCUT2D eigenvalue weighted by atomic mass is 9.83. The van der Waals surface area contributed by atoms with Gasteiger partial charge in [-0.2, -0.15) is 13.2 Å². The molecule has 0 saturated heterocycles. The zero-order valence-corrected chi connectivity index (χ0v) is 18.5. The smallest absolute Gasteiger partial charge is 0.416 e. The zero-order valence-electron chi connectivity index (χ0n) is 16.3. The Bertz CT molecular complexity index is 1080. The van der Waals surface area contributed by atoms with Crippen LogP contribution in [0.2, 0.25) is 0 Å². The van der Waals surface area contributed by atoms with E-state index >= 15 is 0 Å². The summed E-state index contributed by atoms with van der Waals surface area (Å²) >= 11 is 2.12. The van der Waals surface area contributed by atoms with E-state index in [2.05, 4.69) is 55.8 Å². The van der Waals surface area contributed by atoms with Crippen LogP contribution >= 0.6 is 22.9 Å². The summed E-state index contributed by atoms with van der Waals surface area (Å²) in [4.78, 5) is 0. The van der Waals surface area contributed by atoms with E-state index in [0.29, 0.717) is 17.5 Å². The third kappa shape index (κ3) is 3.56. The average Bonchev–Trinajstić information content (AvgIpc) is 3.07. The highest BCUT2D eigenvalue weighted by Crippen LogP contribution is 2.47. The first-order valence-corrected chi connectivity index (χ1v) is 10.5. The van der Waals surface area contributed by atoms with Crippen LogP contribution in [0.5, 0.6) is 0 Å². The maximum atomic E-state index is 12.9. The van der Waals surface area contributed by atoms with E-state index in [1.54, 1.807) is 0 Å². The maximum Gasteiger partial charge on any atom is 0.416 e. The van der Waals surface area contributed by atoms with Crippen molar-refractivity contribution >= 4 is 50.8 Å². The fourth-order valence-corrected chi connectivity index (χ4v) is 4.62. The maximum absolute atomic E-state index is 12.9. The molecule has 2 nitrogen and oxygen atoms in total. The van der Waals surface area contributed by atoms with Crippen molar-refractivity contribution in [3.8, 4) is 0 Å². The number of halogens is 4. The molecule has 1 heterocycles. The summed E-state index contributed by atoms with van der Waals surface area (Å²) in [5.74, 6) is 1.66. The second-order valence-electron chi connectivity index (χ2n) is 7.78. The summed E-state index contributed by atoms with van der Waals surface area (Å²) in [6.07, 6.45) is -1.10. The van der Waals surface area contributed by atoms with E-state index in [-0.39, 0.29) is 0 Å². The van der Waals surface area contributed by atoms with Gasteiger partial charge in [-0.05, 0) is 54.2 Å². The van der Waals surface area contributed by atoms with Gasteiger partial charge in [0.1, 0.15) is 5.76 Å². The van der Waals surface area contributed by atoms with Crippen molar-refractivity contribution in [3.05, 3.63) is 65.4 Å². The van der Waals surface area contributed by atoms with Gasteiger partial charge >= 0.3 is 6.18 Å². The Morgan fingerprint density at radius 2 is 1.79 bits per heavy atom. The standard InChI is InChI=1S/C23H21F3INO/c1-13(2)17-12-7-14(3)20-18-5-4-6-19(21(18)29-22(17)20)28(27)16-10-8-15(9-11-16)23(24,25)26/h4-6,8-14H,7H2,1-3H3. The Labute approximate surface area is 181 Å². The number of anilines is 2. The lowest BCUT2D eigenvalue weighted by Crippen LogP contribution is -2.06. The number of alkyl halides is 3. The molecule has 1 aromatic heterocycles. The highest BCUT2D eigenvalue weighted by atomic mass is 127. The van der Waals surface area contributed by atoms with Crippen LogP contribution in [0.4, 0.5) is 24.5 Å². The summed E-state index contributed by atoms with van der Waals surface area (Å²) in [6.45, 7) is 6.52. The molecule has 0 fully saturated rings. The molecule has 0 spiro atoms. The molecule has 4 rings (SSSR count). The number of hydrogen-bond acceptors (Lipinski definition) is 2. The van der Waals surface area contributed by atoms with Crippen molar-refractivity contribution in [2.45, 2.75) is 39.3 Å². The van der Waals surface area contributed by atoms with Gasteiger partial charge in [0.2, 0.25) is 0 Å². The second-order valence-corrected chi connectivity index (χ2v) is 8.74. The van der Waals surface area contributed by atoms with Crippen LogP contribution in [0.15, 0.2) is 53.0 Å². The number of hydrogen-bond donors (Lipinski definition) is 0. The molecule has 152 valence electrons. The van der Waals surface area contributed by atoms with Crippen LogP contribution in [-0.4, -0.2) is 0 Å². The molecule has 1 aliphatic rings. The first kappa shape index (κ1) is 20.3. The Kier molecular flexibility index (Phi) is 5.17. The molecular weight excluding hydrogens is 490 g/mol. The fraction of sp³-hybridized carbons (Fsp3) is 0.304. The van der Waals surface area contributed by atoms with E-state index in [1.807, 2.05) is 15.2 Å². The summed E-state index contributed by atoms with van der Waals surface area (Å²) in [7, 11) is 0. The predicted octanol–water partition coefficient (Wildman–Crippen LogP) is 8.49. The molecule has 0 aliphatic heterocycles. The molecule has 29 heavy (non-hydrogen) atoms. The van der Waals surface area contributed by atoms with Gasteiger partial charge in [-0.25, -0.2) is 0 Å². The fourth-order valence-electron chi connectivity index (χ4n) is 3.91. The summed E-state index contributed by atoms with van der Waals surface area (Å²) < 4.78 is 46.9.